The summed E-state index contributed by atoms with van der Waals surface area (Å²) in [4.78, 5) is 26.0. The zero-order chi connectivity index (χ0) is 18.4. The predicted octanol–water partition coefficient (Wildman–Crippen LogP) is 4.50. The van der Waals surface area contributed by atoms with Gasteiger partial charge in [-0.2, -0.15) is 0 Å². The van der Waals surface area contributed by atoms with Gasteiger partial charge in [-0.05, 0) is 55.3 Å². The van der Waals surface area contributed by atoms with Gasteiger partial charge in [0.1, 0.15) is 16.9 Å². The van der Waals surface area contributed by atoms with Gasteiger partial charge in [-0.3, -0.25) is 9.59 Å². The molecular formula is C22H16O4. The zero-order valence-electron chi connectivity index (χ0n) is 14.4. The van der Waals surface area contributed by atoms with E-state index in [1.54, 1.807) is 56.3 Å². The number of phenols is 1. The molecule has 0 aliphatic heterocycles. The number of aryl methyl sites for hydroxylation is 2. The van der Waals surface area contributed by atoms with Crippen molar-refractivity contribution in [1.29, 1.82) is 0 Å². The number of hydrogen-bond acceptors (Lipinski definition) is 4. The predicted molar refractivity (Wildman–Crippen MR) is 101 cm³/mol. The van der Waals surface area contributed by atoms with Gasteiger partial charge in [0.2, 0.25) is 5.43 Å². The van der Waals surface area contributed by atoms with Crippen LogP contribution in [0.25, 0.3) is 21.9 Å². The van der Waals surface area contributed by atoms with Gasteiger partial charge in [-0.15, -0.1) is 0 Å². The van der Waals surface area contributed by atoms with E-state index in [1.165, 1.54) is 6.07 Å². The Labute approximate surface area is 149 Å². The first-order chi connectivity index (χ1) is 12.5. The highest BCUT2D eigenvalue weighted by Gasteiger charge is 2.21. The number of aromatic hydroxyl groups is 1. The zero-order valence-corrected chi connectivity index (χ0v) is 14.4. The van der Waals surface area contributed by atoms with Gasteiger partial charge in [0, 0.05) is 5.56 Å². The Balaban J connectivity index is 2.07. The molecule has 4 heteroatoms. The lowest BCUT2D eigenvalue weighted by molar-refractivity contribution is 0.103. The van der Waals surface area contributed by atoms with E-state index in [-0.39, 0.29) is 22.5 Å². The van der Waals surface area contributed by atoms with Crippen LogP contribution < -0.4 is 5.43 Å². The van der Waals surface area contributed by atoms with Crippen LogP contribution in [-0.2, 0) is 0 Å². The molecule has 0 spiro atoms. The topological polar surface area (TPSA) is 67.5 Å². The molecule has 0 unspecified atom stereocenters. The van der Waals surface area contributed by atoms with Crippen LogP contribution in [0.1, 0.15) is 27.0 Å². The molecule has 0 bridgehead atoms. The number of carbonyl (C=O) groups is 1. The molecule has 0 fully saturated rings. The van der Waals surface area contributed by atoms with Crippen LogP contribution in [0.2, 0.25) is 0 Å². The minimum atomic E-state index is -0.312. The summed E-state index contributed by atoms with van der Waals surface area (Å²) in [6.07, 6.45) is 0. The van der Waals surface area contributed by atoms with E-state index in [4.69, 9.17) is 4.42 Å². The minimum Gasteiger partial charge on any atom is -0.507 e. The van der Waals surface area contributed by atoms with Gasteiger partial charge >= 0.3 is 0 Å². The lowest BCUT2D eigenvalue weighted by Crippen LogP contribution is -2.11. The number of hydrogen-bond donors (Lipinski definition) is 1. The number of carbonyl (C=O) groups excluding carboxylic acids is 1. The third-order valence-corrected chi connectivity index (χ3v) is 4.69. The molecule has 0 amide bonds. The van der Waals surface area contributed by atoms with Crippen LogP contribution in [0.15, 0.2) is 63.8 Å². The average Bonchev–Trinajstić information content (AvgIpc) is 2.61. The molecule has 4 aromatic rings. The van der Waals surface area contributed by atoms with Crippen molar-refractivity contribution in [2.24, 2.45) is 0 Å². The maximum Gasteiger partial charge on any atom is 0.200 e. The van der Waals surface area contributed by atoms with Crippen molar-refractivity contribution < 1.29 is 14.3 Å². The maximum atomic E-state index is 13.0. The Hall–Kier alpha value is -3.40. The highest BCUT2D eigenvalue weighted by molar-refractivity contribution is 6.14. The highest BCUT2D eigenvalue weighted by Crippen LogP contribution is 2.29. The van der Waals surface area contributed by atoms with E-state index < -0.39 is 0 Å². The summed E-state index contributed by atoms with van der Waals surface area (Å²) >= 11 is 0. The first-order valence-electron chi connectivity index (χ1n) is 8.27. The Bertz CT molecular complexity index is 1250. The van der Waals surface area contributed by atoms with Crippen molar-refractivity contribution in [3.63, 3.8) is 0 Å². The van der Waals surface area contributed by atoms with Gasteiger partial charge in [0.25, 0.3) is 0 Å². The third-order valence-electron chi connectivity index (χ3n) is 4.69. The molecule has 4 nitrogen and oxygen atoms in total. The average molecular weight is 344 g/mol. The van der Waals surface area contributed by atoms with Crippen molar-refractivity contribution in [3.8, 4) is 5.75 Å². The number of fused-ring (bicyclic) bond motifs is 2. The van der Waals surface area contributed by atoms with Crippen molar-refractivity contribution in [2.75, 3.05) is 0 Å². The number of phenolic OH excluding ortho intramolecular Hbond substituents is 1. The van der Waals surface area contributed by atoms with Crippen LogP contribution in [0.5, 0.6) is 5.75 Å². The number of para-hydroxylation sites is 2. The summed E-state index contributed by atoms with van der Waals surface area (Å²) in [5.41, 5.74) is 2.70. The van der Waals surface area contributed by atoms with E-state index in [9.17, 15) is 14.7 Å². The molecule has 1 aromatic heterocycles. The van der Waals surface area contributed by atoms with Crippen LogP contribution in [0.3, 0.4) is 0 Å². The van der Waals surface area contributed by atoms with Gasteiger partial charge in [0.15, 0.2) is 5.78 Å². The fourth-order valence-corrected chi connectivity index (χ4v) is 3.46. The van der Waals surface area contributed by atoms with Crippen LogP contribution in [0.4, 0.5) is 0 Å². The molecule has 3 aromatic carbocycles. The van der Waals surface area contributed by atoms with Gasteiger partial charge in [0.05, 0.1) is 16.3 Å². The monoisotopic (exact) mass is 344 g/mol. The molecule has 128 valence electrons. The molecule has 0 radical (unpaired) electrons. The normalized spacial score (nSPS) is 11.2. The quantitative estimate of drug-likeness (QED) is 0.429. The fraction of sp³-hybridized carbons (Fsp3) is 0.0909. The lowest BCUT2D eigenvalue weighted by atomic mass is 9.91. The SMILES string of the molecule is Cc1cc2oc3ccccc3c(=O)c2c(C)c1C(=O)c1ccccc1O. The van der Waals surface area contributed by atoms with E-state index in [1.807, 2.05) is 6.07 Å². The van der Waals surface area contributed by atoms with Crippen LogP contribution in [-0.4, -0.2) is 10.9 Å². The van der Waals surface area contributed by atoms with E-state index in [0.29, 0.717) is 38.6 Å². The van der Waals surface area contributed by atoms with Crippen molar-refractivity contribution >= 4 is 27.7 Å². The second-order valence-corrected chi connectivity index (χ2v) is 6.34. The fourth-order valence-electron chi connectivity index (χ4n) is 3.46. The smallest absolute Gasteiger partial charge is 0.200 e. The lowest BCUT2D eigenvalue weighted by Gasteiger charge is -2.13. The summed E-state index contributed by atoms with van der Waals surface area (Å²) in [5.74, 6) is -0.394. The standard InChI is InChI=1S/C22H16O4/c1-12-11-18-20(22(25)15-8-4-6-10-17(15)26-18)13(2)19(12)21(24)14-7-3-5-9-16(14)23/h3-11,23H,1-2H3. The third kappa shape index (κ3) is 2.30. The first-order valence-corrected chi connectivity index (χ1v) is 8.27. The Kier molecular flexibility index (Phi) is 3.62. The molecule has 4 rings (SSSR count). The molecule has 0 saturated carbocycles. The van der Waals surface area contributed by atoms with Crippen LogP contribution >= 0.6 is 0 Å². The molecule has 26 heavy (non-hydrogen) atoms. The maximum absolute atomic E-state index is 13.0. The second-order valence-electron chi connectivity index (χ2n) is 6.34. The van der Waals surface area contributed by atoms with Crippen molar-refractivity contribution in [3.05, 3.63) is 87.1 Å². The van der Waals surface area contributed by atoms with Crippen molar-refractivity contribution in [2.45, 2.75) is 13.8 Å². The highest BCUT2D eigenvalue weighted by atomic mass is 16.3. The Morgan fingerprint density at radius 3 is 2.42 bits per heavy atom. The largest absolute Gasteiger partial charge is 0.507 e. The molecule has 1 heterocycles. The molecular weight excluding hydrogens is 328 g/mol. The summed E-state index contributed by atoms with van der Waals surface area (Å²) in [6.45, 7) is 3.54. The summed E-state index contributed by atoms with van der Waals surface area (Å²) in [5, 5.41) is 10.9. The van der Waals surface area contributed by atoms with Gasteiger partial charge in [-0.1, -0.05) is 24.3 Å². The van der Waals surface area contributed by atoms with E-state index >= 15 is 0 Å². The minimum absolute atomic E-state index is 0.0815. The Morgan fingerprint density at radius 2 is 1.65 bits per heavy atom. The van der Waals surface area contributed by atoms with Gasteiger partial charge in [-0.25, -0.2) is 0 Å². The Morgan fingerprint density at radius 1 is 0.962 bits per heavy atom. The number of rotatable bonds is 2. The summed E-state index contributed by atoms with van der Waals surface area (Å²) in [6, 6.07) is 15.2. The molecule has 0 saturated heterocycles. The summed E-state index contributed by atoms with van der Waals surface area (Å²) < 4.78 is 5.89. The number of benzene rings is 3. The second kappa shape index (κ2) is 5.85. The van der Waals surface area contributed by atoms with Gasteiger partial charge < -0.3 is 9.52 Å². The first kappa shape index (κ1) is 16.1. The van der Waals surface area contributed by atoms with Crippen molar-refractivity contribution in [1.82, 2.24) is 0 Å². The molecule has 0 atom stereocenters. The molecule has 0 aliphatic rings. The molecule has 1 N–H and O–H groups in total. The number of ketones is 1. The van der Waals surface area contributed by atoms with Crippen LogP contribution in [0, 0.1) is 13.8 Å². The van der Waals surface area contributed by atoms with E-state index in [2.05, 4.69) is 0 Å². The molecule has 0 aliphatic carbocycles. The van der Waals surface area contributed by atoms with E-state index in [0.717, 1.165) is 0 Å². The summed E-state index contributed by atoms with van der Waals surface area (Å²) in [7, 11) is 0.